The maximum Gasteiger partial charge on any atom is 0.261 e. The van der Waals surface area contributed by atoms with Crippen LogP contribution in [0.1, 0.15) is 15.2 Å². The summed E-state index contributed by atoms with van der Waals surface area (Å²) in [4.78, 5) is 12.4. The molecule has 1 heterocycles. The van der Waals surface area contributed by atoms with E-state index in [-0.39, 0.29) is 5.91 Å². The highest BCUT2D eigenvalue weighted by Gasteiger charge is 2.07. The summed E-state index contributed by atoms with van der Waals surface area (Å²) in [5.41, 5.74) is 0.936. The quantitative estimate of drug-likeness (QED) is 0.933. The van der Waals surface area contributed by atoms with Gasteiger partial charge >= 0.3 is 0 Å². The molecule has 0 saturated carbocycles. The molecule has 2 rings (SSSR count). The van der Waals surface area contributed by atoms with Crippen molar-refractivity contribution in [2.75, 3.05) is 7.11 Å². The first-order valence-electron chi connectivity index (χ1n) is 5.35. The van der Waals surface area contributed by atoms with Gasteiger partial charge in [0.2, 0.25) is 0 Å². The second kappa shape index (κ2) is 5.89. The smallest absolute Gasteiger partial charge is 0.261 e. The number of nitrogens with one attached hydrogen (secondary N) is 1. The van der Waals surface area contributed by atoms with Crippen LogP contribution in [0.5, 0.6) is 5.75 Å². The molecule has 0 fully saturated rings. The monoisotopic (exact) mass is 281 g/mol. The van der Waals surface area contributed by atoms with Gasteiger partial charge in [-0.1, -0.05) is 23.7 Å². The molecular formula is C13H12ClNO2S. The third kappa shape index (κ3) is 3.03. The average molecular weight is 282 g/mol. The zero-order valence-corrected chi connectivity index (χ0v) is 11.3. The summed E-state index contributed by atoms with van der Waals surface area (Å²) >= 11 is 7.43. The van der Waals surface area contributed by atoms with Crippen LogP contribution >= 0.6 is 22.9 Å². The lowest BCUT2D eigenvalue weighted by Crippen LogP contribution is -2.21. The number of thiophene rings is 1. The van der Waals surface area contributed by atoms with Gasteiger partial charge in [0.05, 0.1) is 17.0 Å². The second-order valence-electron chi connectivity index (χ2n) is 3.63. The molecule has 0 bridgehead atoms. The number of ether oxygens (including phenoxy) is 1. The van der Waals surface area contributed by atoms with Gasteiger partial charge in [-0.2, -0.15) is 0 Å². The van der Waals surface area contributed by atoms with Crippen LogP contribution in [0.25, 0.3) is 0 Å². The number of amides is 1. The fourth-order valence-electron chi connectivity index (χ4n) is 1.50. The van der Waals surface area contributed by atoms with Crippen molar-refractivity contribution in [2.45, 2.75) is 6.54 Å². The lowest BCUT2D eigenvalue weighted by Gasteiger charge is -2.07. The molecule has 0 unspecified atom stereocenters. The summed E-state index contributed by atoms with van der Waals surface area (Å²) in [5.74, 6) is 0.557. The van der Waals surface area contributed by atoms with Gasteiger partial charge in [0.15, 0.2) is 0 Å². The Balaban J connectivity index is 1.98. The van der Waals surface area contributed by atoms with E-state index < -0.39 is 0 Å². The molecule has 0 aliphatic carbocycles. The molecular weight excluding hydrogens is 270 g/mol. The Morgan fingerprint density at radius 2 is 2.28 bits per heavy atom. The summed E-state index contributed by atoms with van der Waals surface area (Å²) in [6.45, 7) is 0.445. The maximum atomic E-state index is 11.7. The molecule has 1 aromatic carbocycles. The summed E-state index contributed by atoms with van der Waals surface area (Å²) in [6.07, 6.45) is 0. The number of carbonyl (C=O) groups excluding carboxylic acids is 1. The number of carbonyl (C=O) groups is 1. The van der Waals surface area contributed by atoms with Crippen molar-refractivity contribution in [3.8, 4) is 5.75 Å². The Morgan fingerprint density at radius 3 is 2.89 bits per heavy atom. The molecule has 0 aliphatic rings. The van der Waals surface area contributed by atoms with E-state index in [1.165, 1.54) is 11.3 Å². The highest BCUT2D eigenvalue weighted by atomic mass is 35.5. The van der Waals surface area contributed by atoms with Crippen LogP contribution < -0.4 is 10.1 Å². The Kier molecular flexibility index (Phi) is 4.23. The first kappa shape index (κ1) is 12.9. The average Bonchev–Trinajstić information content (AvgIpc) is 2.90. The van der Waals surface area contributed by atoms with Crippen molar-refractivity contribution >= 4 is 28.8 Å². The number of hydrogen-bond donors (Lipinski definition) is 1. The van der Waals surface area contributed by atoms with Crippen molar-refractivity contribution in [3.05, 3.63) is 51.2 Å². The van der Waals surface area contributed by atoms with E-state index >= 15 is 0 Å². The van der Waals surface area contributed by atoms with Gasteiger partial charge in [-0.25, -0.2) is 0 Å². The van der Waals surface area contributed by atoms with Crippen LogP contribution in [0.2, 0.25) is 5.02 Å². The van der Waals surface area contributed by atoms with E-state index in [2.05, 4.69) is 5.32 Å². The highest BCUT2D eigenvalue weighted by molar-refractivity contribution is 7.12. The third-order valence-corrected chi connectivity index (χ3v) is 3.58. The minimum Gasteiger partial charge on any atom is -0.495 e. The van der Waals surface area contributed by atoms with Gasteiger partial charge in [-0.15, -0.1) is 11.3 Å². The summed E-state index contributed by atoms with van der Waals surface area (Å²) in [5, 5.41) is 5.25. The van der Waals surface area contributed by atoms with Crippen molar-refractivity contribution in [3.63, 3.8) is 0 Å². The molecule has 0 atom stereocenters. The van der Waals surface area contributed by atoms with Crippen LogP contribution in [0.3, 0.4) is 0 Å². The fourth-order valence-corrected chi connectivity index (χ4v) is 2.42. The Hall–Kier alpha value is -1.52. The number of hydrogen-bond acceptors (Lipinski definition) is 3. The zero-order valence-electron chi connectivity index (χ0n) is 9.77. The molecule has 0 aliphatic heterocycles. The van der Waals surface area contributed by atoms with Gasteiger partial charge in [0.25, 0.3) is 5.91 Å². The highest BCUT2D eigenvalue weighted by Crippen LogP contribution is 2.24. The van der Waals surface area contributed by atoms with E-state index in [1.54, 1.807) is 25.3 Å². The van der Waals surface area contributed by atoms with Crippen LogP contribution in [-0.4, -0.2) is 13.0 Å². The molecule has 0 saturated heterocycles. The molecule has 5 heteroatoms. The molecule has 1 amide bonds. The number of rotatable bonds is 4. The normalized spacial score (nSPS) is 10.1. The minimum absolute atomic E-state index is 0.0723. The van der Waals surface area contributed by atoms with Gasteiger partial charge in [-0.3, -0.25) is 4.79 Å². The van der Waals surface area contributed by atoms with E-state index in [0.29, 0.717) is 22.2 Å². The van der Waals surface area contributed by atoms with Gasteiger partial charge < -0.3 is 10.1 Å². The third-order valence-electron chi connectivity index (χ3n) is 2.41. The molecule has 1 aromatic heterocycles. The maximum absolute atomic E-state index is 11.7. The van der Waals surface area contributed by atoms with Crippen molar-refractivity contribution < 1.29 is 9.53 Å². The molecule has 3 nitrogen and oxygen atoms in total. The molecule has 1 N–H and O–H groups in total. The van der Waals surface area contributed by atoms with E-state index in [0.717, 1.165) is 5.56 Å². The summed E-state index contributed by atoms with van der Waals surface area (Å²) < 4.78 is 5.07. The SMILES string of the molecule is COc1ccc(CNC(=O)c2cccs2)cc1Cl. The van der Waals surface area contributed by atoms with Crippen LogP contribution in [0.15, 0.2) is 35.7 Å². The Labute approximate surface area is 114 Å². The largest absolute Gasteiger partial charge is 0.495 e. The van der Waals surface area contributed by atoms with Gasteiger partial charge in [0, 0.05) is 6.54 Å². The molecule has 0 spiro atoms. The number of methoxy groups -OCH3 is 1. The van der Waals surface area contributed by atoms with Gasteiger partial charge in [0.1, 0.15) is 5.75 Å². The minimum atomic E-state index is -0.0723. The fraction of sp³-hybridized carbons (Fsp3) is 0.154. The predicted octanol–water partition coefficient (Wildman–Crippen LogP) is 3.34. The lowest BCUT2D eigenvalue weighted by atomic mass is 10.2. The van der Waals surface area contributed by atoms with E-state index in [4.69, 9.17) is 16.3 Å². The zero-order chi connectivity index (χ0) is 13.0. The molecule has 0 radical (unpaired) electrons. The Morgan fingerprint density at radius 1 is 1.44 bits per heavy atom. The first-order chi connectivity index (χ1) is 8.70. The topological polar surface area (TPSA) is 38.3 Å². The number of halogens is 1. The van der Waals surface area contributed by atoms with Crippen LogP contribution in [0, 0.1) is 0 Å². The van der Waals surface area contributed by atoms with Gasteiger partial charge in [-0.05, 0) is 29.1 Å². The van der Waals surface area contributed by atoms with E-state index in [9.17, 15) is 4.79 Å². The molecule has 2 aromatic rings. The lowest BCUT2D eigenvalue weighted by molar-refractivity contribution is 0.0955. The van der Waals surface area contributed by atoms with Crippen molar-refractivity contribution in [2.24, 2.45) is 0 Å². The Bertz CT molecular complexity index is 540. The van der Waals surface area contributed by atoms with Crippen LogP contribution in [-0.2, 0) is 6.54 Å². The number of benzene rings is 1. The molecule has 94 valence electrons. The van der Waals surface area contributed by atoms with Crippen molar-refractivity contribution in [1.82, 2.24) is 5.32 Å². The van der Waals surface area contributed by atoms with Crippen molar-refractivity contribution in [1.29, 1.82) is 0 Å². The summed E-state index contributed by atoms with van der Waals surface area (Å²) in [6, 6.07) is 9.09. The standard InChI is InChI=1S/C13H12ClNO2S/c1-17-11-5-4-9(7-10(11)14)8-15-13(16)12-3-2-6-18-12/h2-7H,8H2,1H3,(H,15,16). The predicted molar refractivity (Wildman–Crippen MR) is 73.5 cm³/mol. The first-order valence-corrected chi connectivity index (χ1v) is 6.60. The molecule has 18 heavy (non-hydrogen) atoms. The second-order valence-corrected chi connectivity index (χ2v) is 4.98. The summed E-state index contributed by atoms with van der Waals surface area (Å²) in [7, 11) is 1.57. The van der Waals surface area contributed by atoms with E-state index in [1.807, 2.05) is 17.5 Å². The van der Waals surface area contributed by atoms with Crippen LogP contribution in [0.4, 0.5) is 0 Å².